The molecule has 1 N–H and O–H groups in total. The lowest BCUT2D eigenvalue weighted by Gasteiger charge is -2.12. The van der Waals surface area contributed by atoms with Gasteiger partial charge in [0.2, 0.25) is 11.2 Å². The van der Waals surface area contributed by atoms with Gasteiger partial charge in [0, 0.05) is 29.3 Å². The molecular weight excluding hydrogens is 340 g/mol. The SMILES string of the molecule is Cc1cc(=O)n(-c2cccc(NC(=O)C3CC3)c2)c2nc(Cl)ncc12. The van der Waals surface area contributed by atoms with Crippen molar-refractivity contribution in [2.75, 3.05) is 5.32 Å². The van der Waals surface area contributed by atoms with Crippen LogP contribution in [0.15, 0.2) is 41.3 Å². The second-order valence-electron chi connectivity index (χ2n) is 6.19. The van der Waals surface area contributed by atoms with Gasteiger partial charge in [-0.1, -0.05) is 6.07 Å². The maximum atomic E-state index is 12.6. The van der Waals surface area contributed by atoms with Gasteiger partial charge in [-0.05, 0) is 55.1 Å². The van der Waals surface area contributed by atoms with Crippen molar-refractivity contribution in [3.05, 3.63) is 57.7 Å². The number of nitrogens with zero attached hydrogens (tertiary/aromatic N) is 3. The highest BCUT2D eigenvalue weighted by molar-refractivity contribution is 6.28. The average Bonchev–Trinajstić information content (AvgIpc) is 3.40. The first-order valence-corrected chi connectivity index (χ1v) is 8.37. The van der Waals surface area contributed by atoms with Crippen LogP contribution in [0.3, 0.4) is 0 Å². The summed E-state index contributed by atoms with van der Waals surface area (Å²) < 4.78 is 1.47. The van der Waals surface area contributed by atoms with E-state index in [1.807, 2.05) is 6.92 Å². The summed E-state index contributed by atoms with van der Waals surface area (Å²) >= 11 is 5.93. The van der Waals surface area contributed by atoms with Crippen LogP contribution in [0, 0.1) is 12.8 Å². The van der Waals surface area contributed by atoms with Gasteiger partial charge in [-0.15, -0.1) is 0 Å². The van der Waals surface area contributed by atoms with E-state index < -0.39 is 0 Å². The highest BCUT2D eigenvalue weighted by Crippen LogP contribution is 2.30. The summed E-state index contributed by atoms with van der Waals surface area (Å²) in [5.74, 6) is 0.127. The van der Waals surface area contributed by atoms with E-state index >= 15 is 0 Å². The van der Waals surface area contributed by atoms with Crippen LogP contribution in [0.1, 0.15) is 18.4 Å². The van der Waals surface area contributed by atoms with Gasteiger partial charge in [0.15, 0.2) is 5.65 Å². The van der Waals surface area contributed by atoms with Crippen LogP contribution in [0.4, 0.5) is 5.69 Å². The predicted octanol–water partition coefficient (Wildman–Crippen LogP) is 3.09. The van der Waals surface area contributed by atoms with Crippen molar-refractivity contribution >= 4 is 34.2 Å². The number of pyridine rings is 1. The van der Waals surface area contributed by atoms with Gasteiger partial charge in [0.05, 0.1) is 5.69 Å². The zero-order valence-electron chi connectivity index (χ0n) is 13.5. The molecule has 0 radical (unpaired) electrons. The number of aryl methyl sites for hydroxylation is 1. The molecule has 4 rings (SSSR count). The number of amides is 1. The van der Waals surface area contributed by atoms with Crippen LogP contribution >= 0.6 is 11.6 Å². The van der Waals surface area contributed by atoms with Crippen LogP contribution in [0.5, 0.6) is 0 Å². The number of benzene rings is 1. The van der Waals surface area contributed by atoms with Crippen molar-refractivity contribution in [3.8, 4) is 5.69 Å². The molecule has 126 valence electrons. The molecule has 0 spiro atoms. The van der Waals surface area contributed by atoms with Crippen LogP contribution < -0.4 is 10.9 Å². The van der Waals surface area contributed by atoms with Crippen molar-refractivity contribution in [2.24, 2.45) is 5.92 Å². The van der Waals surface area contributed by atoms with E-state index in [-0.39, 0.29) is 22.7 Å². The Kier molecular flexibility index (Phi) is 3.77. The maximum Gasteiger partial charge on any atom is 0.257 e. The topological polar surface area (TPSA) is 76.9 Å². The van der Waals surface area contributed by atoms with Crippen molar-refractivity contribution in [2.45, 2.75) is 19.8 Å². The van der Waals surface area contributed by atoms with E-state index in [2.05, 4.69) is 15.3 Å². The van der Waals surface area contributed by atoms with E-state index in [4.69, 9.17) is 11.6 Å². The van der Waals surface area contributed by atoms with E-state index in [1.165, 1.54) is 10.6 Å². The molecule has 25 heavy (non-hydrogen) atoms. The molecule has 0 bridgehead atoms. The fourth-order valence-corrected chi connectivity index (χ4v) is 2.92. The number of fused-ring (bicyclic) bond motifs is 1. The monoisotopic (exact) mass is 354 g/mol. The summed E-state index contributed by atoms with van der Waals surface area (Å²) in [6, 6.07) is 8.67. The van der Waals surface area contributed by atoms with Gasteiger partial charge < -0.3 is 5.32 Å². The van der Waals surface area contributed by atoms with Crippen LogP contribution in [-0.2, 0) is 4.79 Å². The molecule has 0 saturated heterocycles. The number of aromatic nitrogens is 3. The Balaban J connectivity index is 1.85. The number of carbonyl (C=O) groups excluding carboxylic acids is 1. The van der Waals surface area contributed by atoms with Gasteiger partial charge in [-0.2, -0.15) is 4.98 Å². The molecule has 3 aromatic rings. The van der Waals surface area contributed by atoms with Gasteiger partial charge >= 0.3 is 0 Å². The maximum absolute atomic E-state index is 12.6. The Morgan fingerprint density at radius 1 is 1.32 bits per heavy atom. The molecule has 0 aliphatic heterocycles. The lowest BCUT2D eigenvalue weighted by Crippen LogP contribution is -2.20. The molecular formula is C18H15ClN4O2. The number of carbonyl (C=O) groups is 1. The molecule has 0 atom stereocenters. The number of rotatable bonds is 3. The number of nitrogens with one attached hydrogen (secondary N) is 1. The molecule has 2 heterocycles. The Labute approximate surface area is 148 Å². The molecule has 1 aliphatic carbocycles. The average molecular weight is 355 g/mol. The van der Waals surface area contributed by atoms with E-state index in [9.17, 15) is 9.59 Å². The molecule has 6 nitrogen and oxygen atoms in total. The standard InChI is InChI=1S/C18H15ClN4O2/c1-10-7-15(24)23(16-14(10)9-20-18(19)22-16)13-4-2-3-12(8-13)21-17(25)11-5-6-11/h2-4,7-9,11H,5-6H2,1H3,(H,21,25). The predicted molar refractivity (Wildman–Crippen MR) is 96.2 cm³/mol. The molecule has 7 heteroatoms. The fourth-order valence-electron chi connectivity index (χ4n) is 2.79. The molecule has 1 saturated carbocycles. The first kappa shape index (κ1) is 15.8. The Morgan fingerprint density at radius 3 is 2.88 bits per heavy atom. The van der Waals surface area contributed by atoms with Crippen molar-refractivity contribution in [1.29, 1.82) is 0 Å². The van der Waals surface area contributed by atoms with Crippen molar-refractivity contribution in [3.63, 3.8) is 0 Å². The third-order valence-corrected chi connectivity index (χ3v) is 4.44. The highest BCUT2D eigenvalue weighted by atomic mass is 35.5. The Morgan fingerprint density at radius 2 is 2.12 bits per heavy atom. The van der Waals surface area contributed by atoms with Crippen LogP contribution in [0.2, 0.25) is 5.28 Å². The number of hydrogen-bond donors (Lipinski definition) is 1. The number of hydrogen-bond acceptors (Lipinski definition) is 4. The third kappa shape index (κ3) is 3.00. The van der Waals surface area contributed by atoms with Gasteiger partial charge in [-0.25, -0.2) is 4.98 Å². The third-order valence-electron chi connectivity index (χ3n) is 4.26. The van der Waals surface area contributed by atoms with Gasteiger partial charge in [0.25, 0.3) is 5.56 Å². The van der Waals surface area contributed by atoms with E-state index in [0.717, 1.165) is 23.8 Å². The van der Waals surface area contributed by atoms with Crippen molar-refractivity contribution in [1.82, 2.24) is 14.5 Å². The molecule has 1 aromatic carbocycles. The summed E-state index contributed by atoms with van der Waals surface area (Å²) in [5, 5.41) is 3.71. The second kappa shape index (κ2) is 5.97. The normalized spacial score (nSPS) is 13.8. The molecule has 1 fully saturated rings. The van der Waals surface area contributed by atoms with Crippen LogP contribution in [-0.4, -0.2) is 20.4 Å². The summed E-state index contributed by atoms with van der Waals surface area (Å²) in [6.45, 7) is 1.83. The highest BCUT2D eigenvalue weighted by Gasteiger charge is 2.29. The van der Waals surface area contributed by atoms with Crippen LogP contribution in [0.25, 0.3) is 16.7 Å². The molecule has 2 aromatic heterocycles. The zero-order valence-corrected chi connectivity index (χ0v) is 14.2. The molecule has 1 aliphatic rings. The second-order valence-corrected chi connectivity index (χ2v) is 6.53. The minimum atomic E-state index is -0.217. The lowest BCUT2D eigenvalue weighted by atomic mass is 10.2. The quantitative estimate of drug-likeness (QED) is 0.733. The Bertz CT molecular complexity index is 1060. The summed E-state index contributed by atoms with van der Waals surface area (Å²) in [5.41, 5.74) is 2.26. The van der Waals surface area contributed by atoms with E-state index in [1.54, 1.807) is 30.5 Å². The zero-order chi connectivity index (χ0) is 17.6. The van der Waals surface area contributed by atoms with Gasteiger partial charge in [0.1, 0.15) is 0 Å². The minimum absolute atomic E-state index is 0.0173. The largest absolute Gasteiger partial charge is 0.326 e. The fraction of sp³-hybridized carbons (Fsp3) is 0.222. The minimum Gasteiger partial charge on any atom is -0.326 e. The number of halogens is 1. The Hall–Kier alpha value is -2.73. The van der Waals surface area contributed by atoms with Gasteiger partial charge in [-0.3, -0.25) is 14.2 Å². The lowest BCUT2D eigenvalue weighted by molar-refractivity contribution is -0.117. The molecule has 1 amide bonds. The number of anilines is 1. The summed E-state index contributed by atoms with van der Waals surface area (Å²) in [6.07, 6.45) is 3.47. The summed E-state index contributed by atoms with van der Waals surface area (Å²) in [7, 11) is 0. The van der Waals surface area contributed by atoms with Crippen molar-refractivity contribution < 1.29 is 4.79 Å². The summed E-state index contributed by atoms with van der Waals surface area (Å²) in [4.78, 5) is 32.8. The first-order chi connectivity index (χ1) is 12.0. The molecule has 0 unspecified atom stereocenters. The van der Waals surface area contributed by atoms with E-state index in [0.29, 0.717) is 17.0 Å². The smallest absolute Gasteiger partial charge is 0.257 e. The first-order valence-electron chi connectivity index (χ1n) is 7.99.